The first-order chi connectivity index (χ1) is 18.8. The van der Waals surface area contributed by atoms with Crippen LogP contribution in [0.15, 0.2) is 71.9 Å². The summed E-state index contributed by atoms with van der Waals surface area (Å²) in [5.74, 6) is -0.148. The zero-order valence-corrected chi connectivity index (χ0v) is 23.2. The van der Waals surface area contributed by atoms with Gasteiger partial charge in [0.2, 0.25) is 11.8 Å². The van der Waals surface area contributed by atoms with Gasteiger partial charge in [0.05, 0.1) is 12.9 Å². The maximum absolute atomic E-state index is 13.9. The molecule has 2 aromatic carbocycles. The zero-order chi connectivity index (χ0) is 27.8. The topological polar surface area (TPSA) is 84.4 Å². The molecule has 0 radical (unpaired) electrons. The first kappa shape index (κ1) is 28.3. The smallest absolute Gasteiger partial charge is 0.247 e. The lowest BCUT2D eigenvalue weighted by atomic mass is 9.86. The van der Waals surface area contributed by atoms with Gasteiger partial charge in [0.15, 0.2) is 5.16 Å². The number of amides is 2. The van der Waals surface area contributed by atoms with Crippen LogP contribution in [0, 0.1) is 25.6 Å². The molecule has 39 heavy (non-hydrogen) atoms. The lowest BCUT2D eigenvalue weighted by molar-refractivity contribution is -0.139. The Bertz CT molecular complexity index is 1290. The van der Waals surface area contributed by atoms with Crippen molar-refractivity contribution in [1.29, 1.82) is 0 Å². The minimum atomic E-state index is -0.727. The van der Waals surface area contributed by atoms with Gasteiger partial charge in [-0.3, -0.25) is 9.59 Å². The van der Waals surface area contributed by atoms with Crippen molar-refractivity contribution in [3.05, 3.63) is 89.5 Å². The van der Waals surface area contributed by atoms with E-state index in [9.17, 15) is 14.0 Å². The molecule has 1 aliphatic rings. The molecule has 0 saturated carbocycles. The highest BCUT2D eigenvalue weighted by atomic mass is 32.2. The van der Waals surface area contributed by atoms with Crippen LogP contribution < -0.4 is 10.1 Å². The van der Waals surface area contributed by atoms with Crippen LogP contribution >= 0.6 is 11.8 Å². The molecule has 1 aromatic heterocycles. The highest BCUT2D eigenvalue weighted by Crippen LogP contribution is 2.29. The number of carbonyl (C=O) groups excluding carboxylic acids is 2. The van der Waals surface area contributed by atoms with Gasteiger partial charge in [-0.15, -0.1) is 0 Å². The molecule has 1 N–H and O–H groups in total. The van der Waals surface area contributed by atoms with Crippen molar-refractivity contribution in [3.63, 3.8) is 0 Å². The van der Waals surface area contributed by atoms with Crippen LogP contribution in [0.5, 0.6) is 5.75 Å². The van der Waals surface area contributed by atoms with E-state index < -0.39 is 6.04 Å². The van der Waals surface area contributed by atoms with E-state index in [2.05, 4.69) is 27.4 Å². The second-order valence-corrected chi connectivity index (χ2v) is 10.5. The Labute approximate surface area is 232 Å². The van der Waals surface area contributed by atoms with Crippen LogP contribution in [0.25, 0.3) is 0 Å². The number of halogens is 1. The van der Waals surface area contributed by atoms with Crippen LogP contribution in [0.3, 0.4) is 0 Å². The monoisotopic (exact) mass is 548 g/mol. The van der Waals surface area contributed by atoms with Gasteiger partial charge in [0.25, 0.3) is 0 Å². The molecule has 0 saturated heterocycles. The second kappa shape index (κ2) is 13.4. The fourth-order valence-electron chi connectivity index (χ4n) is 4.70. The van der Waals surface area contributed by atoms with Crippen LogP contribution in [0.1, 0.15) is 36.2 Å². The third kappa shape index (κ3) is 7.89. The van der Waals surface area contributed by atoms with Crippen molar-refractivity contribution in [2.75, 3.05) is 18.2 Å². The Balaban J connectivity index is 1.63. The number of nitrogens with one attached hydrogen (secondary N) is 1. The largest absolute Gasteiger partial charge is 0.497 e. The molecule has 1 aliphatic carbocycles. The Morgan fingerprint density at radius 2 is 1.77 bits per heavy atom. The van der Waals surface area contributed by atoms with E-state index in [1.165, 1.54) is 23.9 Å². The van der Waals surface area contributed by atoms with E-state index in [4.69, 9.17) is 4.74 Å². The second-order valence-electron chi connectivity index (χ2n) is 9.58. The van der Waals surface area contributed by atoms with Crippen molar-refractivity contribution >= 4 is 29.3 Å². The highest BCUT2D eigenvalue weighted by molar-refractivity contribution is 7.99. The summed E-state index contributed by atoms with van der Waals surface area (Å²) >= 11 is 1.25. The maximum Gasteiger partial charge on any atom is 0.247 e. The molecular formula is C30H33FN4O3S. The molecule has 0 bridgehead atoms. The standard InChI is InChI=1S/C30H33FN4O3S/c1-20-17-21(2)33-30(32-20)39-19-27(36)35(18-22-9-11-24(31)12-10-22)28(23-7-5-4-6-8-23)29(37)34-25-13-15-26(38-3)16-14-25/h4-5,9-17,23,28H,6-8,18-19H2,1-3H3,(H,34,37)/t23-,28-/m1/s1. The van der Waals surface area contributed by atoms with E-state index in [1.54, 1.807) is 48.4 Å². The van der Waals surface area contributed by atoms with Crippen LogP contribution in [-0.4, -0.2) is 45.6 Å². The third-order valence-corrected chi connectivity index (χ3v) is 7.42. The van der Waals surface area contributed by atoms with Crippen molar-refractivity contribution in [2.45, 2.75) is 50.9 Å². The number of carbonyl (C=O) groups is 2. The first-order valence-corrected chi connectivity index (χ1v) is 13.9. The molecule has 0 aliphatic heterocycles. The quantitative estimate of drug-likeness (QED) is 0.198. The van der Waals surface area contributed by atoms with Gasteiger partial charge in [0.1, 0.15) is 17.6 Å². The van der Waals surface area contributed by atoms with Crippen LogP contribution in [-0.2, 0) is 16.1 Å². The number of nitrogens with zero attached hydrogens (tertiary/aromatic N) is 3. The minimum absolute atomic E-state index is 0.0684. The molecule has 2 amide bonds. The number of anilines is 1. The Kier molecular flexibility index (Phi) is 9.70. The number of ether oxygens (including phenoxy) is 1. The summed E-state index contributed by atoms with van der Waals surface area (Å²) < 4.78 is 18.9. The van der Waals surface area contributed by atoms with Gasteiger partial charge in [0, 0.05) is 23.6 Å². The number of benzene rings is 2. The van der Waals surface area contributed by atoms with Crippen molar-refractivity contribution in [1.82, 2.24) is 14.9 Å². The minimum Gasteiger partial charge on any atom is -0.497 e. The number of aromatic nitrogens is 2. The summed E-state index contributed by atoms with van der Waals surface area (Å²) in [7, 11) is 1.58. The molecule has 2 atom stereocenters. The molecule has 9 heteroatoms. The predicted molar refractivity (Wildman–Crippen MR) is 151 cm³/mol. The third-order valence-electron chi connectivity index (χ3n) is 6.59. The normalized spacial score (nSPS) is 15.4. The SMILES string of the molecule is COc1ccc(NC(=O)[C@@H]([C@@H]2CC=CCC2)N(Cc2ccc(F)cc2)C(=O)CSc2nc(C)cc(C)n2)cc1. The molecule has 204 valence electrons. The molecule has 0 spiro atoms. The molecule has 3 aromatic rings. The summed E-state index contributed by atoms with van der Waals surface area (Å²) in [6.45, 7) is 3.95. The van der Waals surface area contributed by atoms with Gasteiger partial charge in [-0.25, -0.2) is 14.4 Å². The number of rotatable bonds is 10. The molecule has 4 rings (SSSR count). The summed E-state index contributed by atoms with van der Waals surface area (Å²) in [5.41, 5.74) is 3.01. The van der Waals surface area contributed by atoms with E-state index in [1.807, 2.05) is 19.9 Å². The first-order valence-electron chi connectivity index (χ1n) is 12.9. The van der Waals surface area contributed by atoms with Crippen molar-refractivity contribution in [2.24, 2.45) is 5.92 Å². The fraction of sp³-hybridized carbons (Fsp3) is 0.333. The number of aryl methyl sites for hydroxylation is 2. The van der Waals surface area contributed by atoms with Gasteiger partial charge in [-0.2, -0.15) is 0 Å². The number of hydrogen-bond acceptors (Lipinski definition) is 6. The van der Waals surface area contributed by atoms with E-state index in [0.717, 1.165) is 29.8 Å². The fourth-order valence-corrected chi connectivity index (χ4v) is 5.54. The van der Waals surface area contributed by atoms with Gasteiger partial charge in [-0.1, -0.05) is 36.0 Å². The summed E-state index contributed by atoms with van der Waals surface area (Å²) in [6, 6.07) is 14.3. The lowest BCUT2D eigenvalue weighted by Gasteiger charge is -2.37. The number of methoxy groups -OCH3 is 1. The molecule has 1 heterocycles. The Morgan fingerprint density at radius 3 is 2.38 bits per heavy atom. The number of hydrogen-bond donors (Lipinski definition) is 1. The Morgan fingerprint density at radius 1 is 1.08 bits per heavy atom. The molecule has 0 unspecified atom stereocenters. The maximum atomic E-state index is 13.9. The summed E-state index contributed by atoms with van der Waals surface area (Å²) in [4.78, 5) is 38.2. The highest BCUT2D eigenvalue weighted by Gasteiger charge is 2.36. The van der Waals surface area contributed by atoms with Crippen molar-refractivity contribution in [3.8, 4) is 5.75 Å². The average Bonchev–Trinajstić information content (AvgIpc) is 2.93. The van der Waals surface area contributed by atoms with Gasteiger partial charge in [-0.05, 0) is 87.1 Å². The van der Waals surface area contributed by atoms with Crippen LogP contribution in [0.4, 0.5) is 10.1 Å². The van der Waals surface area contributed by atoms with E-state index >= 15 is 0 Å². The summed E-state index contributed by atoms with van der Waals surface area (Å²) in [5, 5.41) is 3.52. The average molecular weight is 549 g/mol. The van der Waals surface area contributed by atoms with E-state index in [-0.39, 0.29) is 35.8 Å². The lowest BCUT2D eigenvalue weighted by Crippen LogP contribution is -2.51. The van der Waals surface area contributed by atoms with E-state index in [0.29, 0.717) is 23.0 Å². The summed E-state index contributed by atoms with van der Waals surface area (Å²) in [6.07, 6.45) is 6.47. The molecule has 7 nitrogen and oxygen atoms in total. The molecule has 0 fully saturated rings. The zero-order valence-electron chi connectivity index (χ0n) is 22.4. The molecular weight excluding hydrogens is 515 g/mol. The number of allylic oxidation sites excluding steroid dienone is 2. The van der Waals surface area contributed by atoms with Gasteiger partial charge >= 0.3 is 0 Å². The van der Waals surface area contributed by atoms with Crippen molar-refractivity contribution < 1.29 is 18.7 Å². The Hall–Kier alpha value is -3.72. The number of thioether (sulfide) groups is 1. The van der Waals surface area contributed by atoms with Gasteiger partial charge < -0.3 is 15.0 Å². The predicted octanol–water partition coefficient (Wildman–Crippen LogP) is 5.73. The van der Waals surface area contributed by atoms with Crippen LogP contribution in [0.2, 0.25) is 0 Å².